The van der Waals surface area contributed by atoms with Gasteiger partial charge in [0.15, 0.2) is 0 Å². The molecule has 0 saturated heterocycles. The molecule has 1 aromatic carbocycles. The van der Waals surface area contributed by atoms with E-state index < -0.39 is 0 Å². The summed E-state index contributed by atoms with van der Waals surface area (Å²) in [6.45, 7) is 9.97. The molecule has 0 amide bonds. The largest absolute Gasteiger partial charge is 0.492 e. The molecule has 0 spiro atoms. The molecular weight excluding hydrogens is 260 g/mol. The Morgan fingerprint density at radius 2 is 1.95 bits per heavy atom. The van der Waals surface area contributed by atoms with E-state index in [-0.39, 0.29) is 5.41 Å². The van der Waals surface area contributed by atoms with Crippen LogP contribution in [0.5, 0.6) is 5.75 Å². The zero-order chi connectivity index (χ0) is 15.3. The number of pyridine rings is 1. The highest BCUT2D eigenvalue weighted by Gasteiger charge is 2.13. The summed E-state index contributed by atoms with van der Waals surface area (Å²) in [5, 5.41) is 3.27. The Hall–Kier alpha value is -2.03. The standard InChI is InChI=1S/C18H24N2O/c1-14-6-5-7-16(12-14)21-11-10-19-17-9-8-15(13-20-17)18(2,3)4/h5-9,12-13H,10-11H2,1-4H3,(H,19,20). The molecule has 0 saturated carbocycles. The molecular formula is C18H24N2O. The van der Waals surface area contributed by atoms with Gasteiger partial charge in [0.05, 0.1) is 6.54 Å². The van der Waals surface area contributed by atoms with Gasteiger partial charge in [-0.1, -0.05) is 39.0 Å². The second-order valence-electron chi connectivity index (χ2n) is 6.27. The number of ether oxygens (including phenoxy) is 1. The fourth-order valence-electron chi connectivity index (χ4n) is 2.00. The Morgan fingerprint density at radius 3 is 2.57 bits per heavy atom. The summed E-state index contributed by atoms with van der Waals surface area (Å²) in [4.78, 5) is 4.44. The van der Waals surface area contributed by atoms with Crippen LogP contribution in [0.2, 0.25) is 0 Å². The molecule has 0 radical (unpaired) electrons. The van der Waals surface area contributed by atoms with Crippen LogP contribution in [0.4, 0.5) is 5.82 Å². The van der Waals surface area contributed by atoms with E-state index in [2.05, 4.69) is 50.1 Å². The molecule has 1 N–H and O–H groups in total. The molecule has 2 aromatic rings. The number of nitrogens with zero attached hydrogens (tertiary/aromatic N) is 1. The third kappa shape index (κ3) is 4.78. The molecule has 0 unspecified atom stereocenters. The minimum atomic E-state index is 0.139. The highest BCUT2D eigenvalue weighted by Crippen LogP contribution is 2.21. The van der Waals surface area contributed by atoms with Gasteiger partial charge in [0.25, 0.3) is 0 Å². The first-order valence-corrected chi connectivity index (χ1v) is 7.35. The highest BCUT2D eigenvalue weighted by molar-refractivity contribution is 5.37. The average Bonchev–Trinajstić information content (AvgIpc) is 2.43. The topological polar surface area (TPSA) is 34.1 Å². The molecule has 112 valence electrons. The summed E-state index contributed by atoms with van der Waals surface area (Å²) in [5.74, 6) is 1.80. The van der Waals surface area contributed by atoms with Gasteiger partial charge in [-0.05, 0) is 41.7 Å². The Labute approximate surface area is 127 Å². The maximum atomic E-state index is 5.70. The van der Waals surface area contributed by atoms with Crippen molar-refractivity contribution in [1.82, 2.24) is 4.98 Å². The van der Waals surface area contributed by atoms with Crippen LogP contribution >= 0.6 is 0 Å². The molecule has 0 bridgehead atoms. The summed E-state index contributed by atoms with van der Waals surface area (Å²) < 4.78 is 5.70. The quantitative estimate of drug-likeness (QED) is 0.836. The van der Waals surface area contributed by atoms with Crippen LogP contribution in [-0.2, 0) is 5.41 Å². The summed E-state index contributed by atoms with van der Waals surface area (Å²) in [6.07, 6.45) is 1.93. The van der Waals surface area contributed by atoms with Crippen LogP contribution in [0.1, 0.15) is 31.9 Å². The summed E-state index contributed by atoms with van der Waals surface area (Å²) >= 11 is 0. The molecule has 0 aliphatic rings. The lowest BCUT2D eigenvalue weighted by molar-refractivity contribution is 0.332. The van der Waals surface area contributed by atoms with Crippen LogP contribution in [0.15, 0.2) is 42.6 Å². The van der Waals surface area contributed by atoms with E-state index in [9.17, 15) is 0 Å². The number of aryl methyl sites for hydroxylation is 1. The smallest absolute Gasteiger partial charge is 0.126 e. The van der Waals surface area contributed by atoms with Crippen LogP contribution in [0.25, 0.3) is 0 Å². The predicted octanol–water partition coefficient (Wildman–Crippen LogP) is 4.18. The van der Waals surface area contributed by atoms with E-state index in [0.29, 0.717) is 6.61 Å². The molecule has 2 rings (SSSR count). The van der Waals surface area contributed by atoms with E-state index in [1.807, 2.05) is 30.5 Å². The highest BCUT2D eigenvalue weighted by atomic mass is 16.5. The number of hydrogen-bond donors (Lipinski definition) is 1. The third-order valence-electron chi connectivity index (χ3n) is 3.30. The second-order valence-corrected chi connectivity index (χ2v) is 6.27. The fraction of sp³-hybridized carbons (Fsp3) is 0.389. The van der Waals surface area contributed by atoms with Gasteiger partial charge in [-0.3, -0.25) is 0 Å². The number of hydrogen-bond acceptors (Lipinski definition) is 3. The van der Waals surface area contributed by atoms with Crippen LogP contribution in [0.3, 0.4) is 0 Å². The second kappa shape index (κ2) is 6.61. The average molecular weight is 284 g/mol. The lowest BCUT2D eigenvalue weighted by Crippen LogP contribution is -2.14. The lowest BCUT2D eigenvalue weighted by Gasteiger charge is -2.18. The Balaban J connectivity index is 1.79. The van der Waals surface area contributed by atoms with Crippen LogP contribution in [0, 0.1) is 6.92 Å². The minimum Gasteiger partial charge on any atom is -0.492 e. The SMILES string of the molecule is Cc1cccc(OCCNc2ccc(C(C)(C)C)cn2)c1. The van der Waals surface area contributed by atoms with Crippen molar-refractivity contribution < 1.29 is 4.74 Å². The number of benzene rings is 1. The van der Waals surface area contributed by atoms with Crippen molar-refractivity contribution in [3.63, 3.8) is 0 Å². The van der Waals surface area contributed by atoms with E-state index in [1.54, 1.807) is 0 Å². The number of nitrogens with one attached hydrogen (secondary N) is 1. The first kappa shape index (κ1) is 15.4. The van der Waals surface area contributed by atoms with Crippen molar-refractivity contribution in [2.45, 2.75) is 33.1 Å². The molecule has 1 aromatic heterocycles. The predicted molar refractivity (Wildman–Crippen MR) is 88.1 cm³/mol. The van der Waals surface area contributed by atoms with E-state index in [1.165, 1.54) is 11.1 Å². The minimum absolute atomic E-state index is 0.139. The Kier molecular flexibility index (Phi) is 4.84. The van der Waals surface area contributed by atoms with E-state index in [4.69, 9.17) is 4.74 Å². The number of rotatable bonds is 5. The van der Waals surface area contributed by atoms with Gasteiger partial charge in [-0.2, -0.15) is 0 Å². The number of aromatic nitrogens is 1. The maximum Gasteiger partial charge on any atom is 0.126 e. The van der Waals surface area contributed by atoms with Crippen LogP contribution < -0.4 is 10.1 Å². The molecule has 0 aliphatic heterocycles. The van der Waals surface area contributed by atoms with Gasteiger partial charge in [0.2, 0.25) is 0 Å². The Bertz CT molecular complexity index is 571. The first-order chi connectivity index (χ1) is 9.95. The molecule has 0 fully saturated rings. The van der Waals surface area contributed by atoms with Crippen molar-refractivity contribution >= 4 is 5.82 Å². The molecule has 3 nitrogen and oxygen atoms in total. The maximum absolute atomic E-state index is 5.70. The van der Waals surface area contributed by atoms with Gasteiger partial charge < -0.3 is 10.1 Å². The van der Waals surface area contributed by atoms with E-state index in [0.717, 1.165) is 18.1 Å². The van der Waals surface area contributed by atoms with Gasteiger partial charge in [0.1, 0.15) is 18.2 Å². The van der Waals surface area contributed by atoms with Crippen molar-refractivity contribution in [2.24, 2.45) is 0 Å². The molecule has 21 heavy (non-hydrogen) atoms. The monoisotopic (exact) mass is 284 g/mol. The molecule has 0 aliphatic carbocycles. The summed E-state index contributed by atoms with van der Waals surface area (Å²) in [7, 11) is 0. The zero-order valence-electron chi connectivity index (χ0n) is 13.3. The Morgan fingerprint density at radius 1 is 1.14 bits per heavy atom. The van der Waals surface area contributed by atoms with Gasteiger partial charge in [-0.25, -0.2) is 4.98 Å². The van der Waals surface area contributed by atoms with E-state index >= 15 is 0 Å². The normalized spacial score (nSPS) is 11.2. The van der Waals surface area contributed by atoms with Crippen molar-refractivity contribution in [3.05, 3.63) is 53.7 Å². The first-order valence-electron chi connectivity index (χ1n) is 7.35. The van der Waals surface area contributed by atoms with Gasteiger partial charge >= 0.3 is 0 Å². The van der Waals surface area contributed by atoms with Crippen molar-refractivity contribution in [2.75, 3.05) is 18.5 Å². The van der Waals surface area contributed by atoms with Gasteiger partial charge in [-0.15, -0.1) is 0 Å². The molecule has 1 heterocycles. The lowest BCUT2D eigenvalue weighted by atomic mass is 9.88. The number of anilines is 1. The summed E-state index contributed by atoms with van der Waals surface area (Å²) in [5.41, 5.74) is 2.59. The molecule has 0 atom stereocenters. The van der Waals surface area contributed by atoms with Gasteiger partial charge in [0, 0.05) is 6.20 Å². The zero-order valence-corrected chi connectivity index (χ0v) is 13.3. The summed E-state index contributed by atoms with van der Waals surface area (Å²) in [6, 6.07) is 12.2. The molecule has 3 heteroatoms. The fourth-order valence-corrected chi connectivity index (χ4v) is 2.00. The van der Waals surface area contributed by atoms with Crippen LogP contribution in [-0.4, -0.2) is 18.1 Å². The van der Waals surface area contributed by atoms with Crippen molar-refractivity contribution in [1.29, 1.82) is 0 Å². The van der Waals surface area contributed by atoms with Crippen molar-refractivity contribution in [3.8, 4) is 5.75 Å². The third-order valence-corrected chi connectivity index (χ3v) is 3.30.